The molecule has 1 N–H and O–H groups in total. The van der Waals surface area contributed by atoms with Crippen molar-refractivity contribution < 1.29 is 8.42 Å². The Labute approximate surface area is 143 Å². The molecule has 8 heteroatoms. The molecule has 0 fully saturated rings. The first kappa shape index (κ1) is 16.0. The molecule has 0 amide bonds. The van der Waals surface area contributed by atoms with Crippen LogP contribution in [0.15, 0.2) is 47.6 Å². The largest absolute Gasteiger partial charge is 0.276 e. The van der Waals surface area contributed by atoms with E-state index in [1.807, 2.05) is 19.1 Å². The molecule has 23 heavy (non-hydrogen) atoms. The lowest BCUT2D eigenvalue weighted by Gasteiger charge is -2.05. The molecule has 0 atom stereocenters. The SMILES string of the molecule is Cc1cc(S(=O)(=O)Nc2cnn(-c3ccccc3Cl)c2)c(C)s1. The van der Waals surface area contributed by atoms with E-state index in [1.54, 1.807) is 31.3 Å². The third-order valence-electron chi connectivity index (χ3n) is 3.22. The van der Waals surface area contributed by atoms with Crippen LogP contribution in [0.1, 0.15) is 9.75 Å². The Hall–Kier alpha value is -1.83. The van der Waals surface area contributed by atoms with Crippen molar-refractivity contribution in [1.82, 2.24) is 9.78 Å². The molecule has 2 aromatic heterocycles. The summed E-state index contributed by atoms with van der Waals surface area (Å²) in [6.07, 6.45) is 3.04. The summed E-state index contributed by atoms with van der Waals surface area (Å²) in [7, 11) is -3.63. The number of nitrogens with zero attached hydrogens (tertiary/aromatic N) is 2. The maximum absolute atomic E-state index is 12.5. The maximum Gasteiger partial charge on any atom is 0.263 e. The minimum absolute atomic E-state index is 0.297. The highest BCUT2D eigenvalue weighted by Crippen LogP contribution is 2.27. The Morgan fingerprint density at radius 1 is 1.26 bits per heavy atom. The van der Waals surface area contributed by atoms with Crippen LogP contribution in [0, 0.1) is 13.8 Å². The highest BCUT2D eigenvalue weighted by atomic mass is 35.5. The Kier molecular flexibility index (Phi) is 4.18. The van der Waals surface area contributed by atoms with Crippen LogP contribution in [0.4, 0.5) is 5.69 Å². The number of aryl methyl sites for hydroxylation is 2. The van der Waals surface area contributed by atoms with Gasteiger partial charge >= 0.3 is 0 Å². The molecule has 0 bridgehead atoms. The summed E-state index contributed by atoms with van der Waals surface area (Å²) in [5.41, 5.74) is 1.07. The molecule has 2 heterocycles. The molecule has 3 aromatic rings. The first-order valence-electron chi connectivity index (χ1n) is 6.76. The first-order valence-corrected chi connectivity index (χ1v) is 9.44. The number of rotatable bonds is 4. The van der Waals surface area contributed by atoms with E-state index in [2.05, 4.69) is 9.82 Å². The molecule has 0 aliphatic rings. The van der Waals surface area contributed by atoms with Gasteiger partial charge in [0.1, 0.15) is 4.90 Å². The fourth-order valence-electron chi connectivity index (χ4n) is 2.23. The first-order chi connectivity index (χ1) is 10.9. The Morgan fingerprint density at radius 3 is 2.65 bits per heavy atom. The van der Waals surface area contributed by atoms with Crippen LogP contribution in [-0.4, -0.2) is 18.2 Å². The molecule has 0 unspecified atom stereocenters. The normalized spacial score (nSPS) is 11.6. The van der Waals surface area contributed by atoms with Crippen molar-refractivity contribution in [3.8, 4) is 5.69 Å². The van der Waals surface area contributed by atoms with Gasteiger partial charge in [-0.15, -0.1) is 11.3 Å². The van der Waals surface area contributed by atoms with E-state index in [4.69, 9.17) is 11.6 Å². The molecule has 0 saturated heterocycles. The minimum atomic E-state index is -3.63. The van der Waals surface area contributed by atoms with Crippen molar-refractivity contribution in [1.29, 1.82) is 0 Å². The number of sulfonamides is 1. The second kappa shape index (κ2) is 5.99. The lowest BCUT2D eigenvalue weighted by Crippen LogP contribution is -2.12. The monoisotopic (exact) mass is 367 g/mol. The van der Waals surface area contributed by atoms with E-state index in [9.17, 15) is 8.42 Å². The summed E-state index contributed by atoms with van der Waals surface area (Å²) in [5.74, 6) is 0. The number of hydrogen-bond donors (Lipinski definition) is 1. The highest BCUT2D eigenvalue weighted by molar-refractivity contribution is 7.93. The van der Waals surface area contributed by atoms with Crippen LogP contribution in [0.5, 0.6) is 0 Å². The number of thiophene rings is 1. The summed E-state index contributed by atoms with van der Waals surface area (Å²) in [6.45, 7) is 3.67. The third-order valence-corrected chi connectivity index (χ3v) is 6.14. The average Bonchev–Trinajstić information content (AvgIpc) is 3.05. The predicted molar refractivity (Wildman–Crippen MR) is 93.2 cm³/mol. The predicted octanol–water partition coefficient (Wildman–Crippen LogP) is 4.00. The highest BCUT2D eigenvalue weighted by Gasteiger charge is 2.20. The van der Waals surface area contributed by atoms with E-state index in [0.29, 0.717) is 21.3 Å². The molecule has 0 saturated carbocycles. The van der Waals surface area contributed by atoms with E-state index in [-0.39, 0.29) is 0 Å². The van der Waals surface area contributed by atoms with Crippen molar-refractivity contribution in [2.45, 2.75) is 18.7 Å². The minimum Gasteiger partial charge on any atom is -0.276 e. The fourth-order valence-corrected chi connectivity index (χ4v) is 5.04. The number of aromatic nitrogens is 2. The molecular formula is C15H14ClN3O2S2. The van der Waals surface area contributed by atoms with Crippen LogP contribution in [-0.2, 0) is 10.0 Å². The summed E-state index contributed by atoms with van der Waals surface area (Å²) >= 11 is 7.58. The molecule has 0 aliphatic heterocycles. The summed E-state index contributed by atoms with van der Waals surface area (Å²) in [6, 6.07) is 8.88. The van der Waals surface area contributed by atoms with Crippen LogP contribution in [0.3, 0.4) is 0 Å². The van der Waals surface area contributed by atoms with Gasteiger partial charge in [0.25, 0.3) is 10.0 Å². The van der Waals surface area contributed by atoms with Crippen molar-refractivity contribution in [2.75, 3.05) is 4.72 Å². The van der Waals surface area contributed by atoms with Gasteiger partial charge in [-0.25, -0.2) is 13.1 Å². The van der Waals surface area contributed by atoms with Gasteiger partial charge in [-0.2, -0.15) is 5.10 Å². The van der Waals surface area contributed by atoms with Crippen molar-refractivity contribution in [2.24, 2.45) is 0 Å². The average molecular weight is 368 g/mol. The molecule has 5 nitrogen and oxygen atoms in total. The molecule has 0 radical (unpaired) electrons. The van der Waals surface area contributed by atoms with Crippen molar-refractivity contribution in [3.05, 3.63) is 57.5 Å². The van der Waals surface area contributed by atoms with E-state index < -0.39 is 10.0 Å². The summed E-state index contributed by atoms with van der Waals surface area (Å²) < 4.78 is 29.0. The van der Waals surface area contributed by atoms with Gasteiger partial charge in [-0.3, -0.25) is 4.72 Å². The quantitative estimate of drug-likeness (QED) is 0.757. The zero-order chi connectivity index (χ0) is 16.6. The number of benzene rings is 1. The van der Waals surface area contributed by atoms with Crippen LogP contribution in [0.2, 0.25) is 5.02 Å². The van der Waals surface area contributed by atoms with Gasteiger partial charge in [0.15, 0.2) is 0 Å². The Morgan fingerprint density at radius 2 is 2.00 bits per heavy atom. The zero-order valence-corrected chi connectivity index (χ0v) is 14.8. The molecule has 0 aliphatic carbocycles. The molecule has 0 spiro atoms. The number of hydrogen-bond acceptors (Lipinski definition) is 4. The number of anilines is 1. The van der Waals surface area contributed by atoms with Gasteiger partial charge in [-0.1, -0.05) is 23.7 Å². The van der Waals surface area contributed by atoms with Gasteiger partial charge < -0.3 is 0 Å². The van der Waals surface area contributed by atoms with E-state index in [0.717, 1.165) is 9.75 Å². The van der Waals surface area contributed by atoms with Crippen molar-refractivity contribution in [3.63, 3.8) is 0 Å². The number of para-hydroxylation sites is 1. The lowest BCUT2D eigenvalue weighted by atomic mass is 10.3. The van der Waals surface area contributed by atoms with Crippen LogP contribution >= 0.6 is 22.9 Å². The summed E-state index contributed by atoms with van der Waals surface area (Å²) in [4.78, 5) is 2.01. The van der Waals surface area contributed by atoms with Crippen LogP contribution < -0.4 is 4.72 Å². The van der Waals surface area contributed by atoms with Gasteiger partial charge in [0.05, 0.1) is 28.8 Å². The van der Waals surface area contributed by atoms with Gasteiger partial charge in [0, 0.05) is 9.75 Å². The topological polar surface area (TPSA) is 64.0 Å². The van der Waals surface area contributed by atoms with Crippen LogP contribution in [0.25, 0.3) is 5.69 Å². The lowest BCUT2D eigenvalue weighted by molar-refractivity contribution is 0.601. The van der Waals surface area contributed by atoms with Gasteiger partial charge in [0.2, 0.25) is 0 Å². The van der Waals surface area contributed by atoms with Crippen molar-refractivity contribution >= 4 is 38.6 Å². The maximum atomic E-state index is 12.5. The molecule has 3 rings (SSSR count). The summed E-state index contributed by atoms with van der Waals surface area (Å²) in [5, 5.41) is 4.70. The second-order valence-electron chi connectivity index (χ2n) is 5.01. The van der Waals surface area contributed by atoms with Gasteiger partial charge in [-0.05, 0) is 32.0 Å². The Balaban J connectivity index is 1.90. The van der Waals surface area contributed by atoms with E-state index >= 15 is 0 Å². The molecule has 1 aromatic carbocycles. The Bertz CT molecular complexity index is 961. The smallest absolute Gasteiger partial charge is 0.263 e. The number of halogens is 1. The second-order valence-corrected chi connectivity index (χ2v) is 8.53. The zero-order valence-electron chi connectivity index (χ0n) is 12.4. The molecule has 120 valence electrons. The molecular weight excluding hydrogens is 354 g/mol. The van der Waals surface area contributed by atoms with E-state index in [1.165, 1.54) is 22.2 Å². The third kappa shape index (κ3) is 3.26. The number of nitrogens with one attached hydrogen (secondary N) is 1. The fraction of sp³-hybridized carbons (Fsp3) is 0.133. The standard InChI is InChI=1S/C15H14ClN3O2S2/c1-10-7-15(11(2)22-10)23(20,21)18-12-8-17-19(9-12)14-6-4-3-5-13(14)16/h3-9,18H,1-2H3.